The number of nitrogens with one attached hydrogen (secondary N) is 3. The molecule has 0 aliphatic heterocycles. The first-order chi connectivity index (χ1) is 21.9. The van der Waals surface area contributed by atoms with Crippen molar-refractivity contribution in [1.82, 2.24) is 5.32 Å². The molecule has 1 heterocycles. The third-order valence-corrected chi connectivity index (χ3v) is 7.65. The van der Waals surface area contributed by atoms with Crippen LogP contribution >= 0.6 is 11.8 Å². The number of aryl methyl sites for hydroxylation is 1. The van der Waals surface area contributed by atoms with Crippen molar-refractivity contribution < 1.29 is 23.5 Å². The third-order valence-electron chi connectivity index (χ3n) is 6.64. The Morgan fingerprint density at radius 3 is 2.24 bits per heavy atom. The van der Waals surface area contributed by atoms with Crippen LogP contribution in [0.25, 0.3) is 17.4 Å². The van der Waals surface area contributed by atoms with Crippen LogP contribution in [0.4, 0.5) is 11.4 Å². The molecular weight excluding hydrogens is 586 g/mol. The van der Waals surface area contributed by atoms with Crippen LogP contribution in [0.1, 0.15) is 21.7 Å². The Balaban J connectivity index is 1.26. The van der Waals surface area contributed by atoms with Crippen molar-refractivity contribution in [2.75, 3.05) is 23.5 Å². The van der Waals surface area contributed by atoms with Gasteiger partial charge in [-0.1, -0.05) is 60.2 Å². The fourth-order valence-corrected chi connectivity index (χ4v) is 5.00. The lowest BCUT2D eigenvalue weighted by Crippen LogP contribution is -2.30. The third kappa shape index (κ3) is 8.52. The Morgan fingerprint density at radius 2 is 1.51 bits per heavy atom. The predicted octanol–water partition coefficient (Wildman–Crippen LogP) is 7.40. The monoisotopic (exact) mass is 617 g/mol. The first-order valence-electron chi connectivity index (χ1n) is 14.1. The van der Waals surface area contributed by atoms with Crippen LogP contribution in [0.2, 0.25) is 0 Å². The highest BCUT2D eigenvalue weighted by Crippen LogP contribution is 2.26. The first kappa shape index (κ1) is 30.9. The Morgan fingerprint density at radius 1 is 0.800 bits per heavy atom. The zero-order valence-electron chi connectivity index (χ0n) is 24.7. The summed E-state index contributed by atoms with van der Waals surface area (Å²) in [5.74, 6) is 0.694. The average molecular weight is 618 g/mol. The van der Waals surface area contributed by atoms with Gasteiger partial charge in [0, 0.05) is 27.8 Å². The largest absolute Gasteiger partial charge is 0.495 e. The van der Waals surface area contributed by atoms with Gasteiger partial charge in [-0.05, 0) is 67.6 Å². The summed E-state index contributed by atoms with van der Waals surface area (Å²) < 4.78 is 11.3. The molecule has 0 atom stereocenters. The van der Waals surface area contributed by atoms with Gasteiger partial charge in [0.1, 0.15) is 23.0 Å². The lowest BCUT2D eigenvalue weighted by atomic mass is 10.1. The maximum atomic E-state index is 13.4. The van der Waals surface area contributed by atoms with Crippen LogP contribution in [-0.4, -0.2) is 30.6 Å². The van der Waals surface area contributed by atoms with Crippen LogP contribution in [0.15, 0.2) is 130 Å². The van der Waals surface area contributed by atoms with Gasteiger partial charge in [-0.15, -0.1) is 11.8 Å². The zero-order chi connectivity index (χ0) is 31.6. The molecule has 0 unspecified atom stereocenters. The van der Waals surface area contributed by atoms with E-state index in [1.807, 2.05) is 67.6 Å². The smallest absolute Gasteiger partial charge is 0.272 e. The second kappa shape index (κ2) is 14.8. The second-order valence-corrected chi connectivity index (χ2v) is 11.0. The second-order valence-electron chi connectivity index (χ2n) is 9.96. The summed E-state index contributed by atoms with van der Waals surface area (Å²) in [5, 5.41) is 8.41. The number of benzene rings is 4. The molecule has 4 aromatic carbocycles. The number of thioether (sulfide) groups is 1. The number of ether oxygens (including phenoxy) is 1. The molecule has 1 aromatic heterocycles. The minimum atomic E-state index is -0.524. The van der Waals surface area contributed by atoms with Crippen molar-refractivity contribution in [2.24, 2.45) is 0 Å². The van der Waals surface area contributed by atoms with Gasteiger partial charge in [0.05, 0.1) is 18.6 Å². The number of para-hydroxylation sites is 2. The Hall–Kier alpha value is -5.54. The molecule has 5 aromatic rings. The highest BCUT2D eigenvalue weighted by Gasteiger charge is 2.17. The summed E-state index contributed by atoms with van der Waals surface area (Å²) in [4.78, 5) is 39.7. The summed E-state index contributed by atoms with van der Waals surface area (Å²) in [6.07, 6.45) is 1.50. The average Bonchev–Trinajstić information content (AvgIpc) is 3.53. The lowest BCUT2D eigenvalue weighted by molar-refractivity contribution is -0.114. The first-order valence-corrected chi connectivity index (χ1v) is 15.1. The summed E-state index contributed by atoms with van der Waals surface area (Å²) in [6, 6.07) is 34.4. The molecule has 0 radical (unpaired) electrons. The molecule has 3 amide bonds. The highest BCUT2D eigenvalue weighted by atomic mass is 32.2. The van der Waals surface area contributed by atoms with Crippen LogP contribution in [-0.2, 0) is 9.59 Å². The molecule has 0 bridgehead atoms. The van der Waals surface area contributed by atoms with Gasteiger partial charge in [0.2, 0.25) is 5.91 Å². The fraction of sp³-hybridized carbons (Fsp3) is 0.0833. The van der Waals surface area contributed by atoms with Crippen molar-refractivity contribution in [3.05, 3.63) is 138 Å². The van der Waals surface area contributed by atoms with Crippen LogP contribution in [0.5, 0.6) is 5.75 Å². The van der Waals surface area contributed by atoms with Gasteiger partial charge in [-0.3, -0.25) is 14.4 Å². The number of carbonyl (C=O) groups excluding carboxylic acids is 3. The fourth-order valence-electron chi connectivity index (χ4n) is 4.30. The molecule has 3 N–H and O–H groups in total. The summed E-state index contributed by atoms with van der Waals surface area (Å²) >= 11 is 1.36. The number of furan rings is 1. The predicted molar refractivity (Wildman–Crippen MR) is 178 cm³/mol. The number of amides is 3. The number of methoxy groups -OCH3 is 1. The van der Waals surface area contributed by atoms with E-state index >= 15 is 0 Å². The van der Waals surface area contributed by atoms with E-state index < -0.39 is 11.8 Å². The van der Waals surface area contributed by atoms with Crippen LogP contribution in [0.3, 0.4) is 0 Å². The lowest BCUT2D eigenvalue weighted by Gasteiger charge is -2.12. The van der Waals surface area contributed by atoms with Crippen molar-refractivity contribution >= 4 is 46.9 Å². The van der Waals surface area contributed by atoms with E-state index in [1.165, 1.54) is 17.8 Å². The Kier molecular flexibility index (Phi) is 10.1. The van der Waals surface area contributed by atoms with Crippen molar-refractivity contribution in [2.45, 2.75) is 11.8 Å². The minimum Gasteiger partial charge on any atom is -0.495 e. The quantitative estimate of drug-likeness (QED) is 0.105. The van der Waals surface area contributed by atoms with E-state index in [1.54, 1.807) is 61.7 Å². The maximum absolute atomic E-state index is 13.4. The Labute approximate surface area is 265 Å². The molecule has 0 saturated heterocycles. The van der Waals surface area contributed by atoms with Gasteiger partial charge < -0.3 is 25.1 Å². The van der Waals surface area contributed by atoms with Gasteiger partial charge in [0.25, 0.3) is 11.8 Å². The van der Waals surface area contributed by atoms with E-state index in [0.717, 1.165) is 16.0 Å². The SMILES string of the molecule is COc1ccccc1NC(=O)CSc1ccc(NC(=O)C(=Cc2ccc(-c3ccc(C)cc3)o2)NC(=O)c2ccccc2)cc1. The van der Waals surface area contributed by atoms with Gasteiger partial charge in [0.15, 0.2) is 0 Å². The molecule has 0 saturated carbocycles. The number of carbonyl (C=O) groups is 3. The highest BCUT2D eigenvalue weighted by molar-refractivity contribution is 8.00. The summed E-state index contributed by atoms with van der Waals surface area (Å²) in [6.45, 7) is 2.01. The Bertz CT molecular complexity index is 1810. The van der Waals surface area contributed by atoms with Gasteiger partial charge in [-0.25, -0.2) is 0 Å². The molecule has 0 aliphatic carbocycles. The standard InChI is InChI=1S/C36H31N3O5S/c1-24-12-14-25(15-13-24)32-21-18-28(44-32)22-31(39-35(41)26-8-4-3-5-9-26)36(42)37-27-16-19-29(20-17-27)45-23-34(40)38-30-10-6-7-11-33(30)43-2/h3-22H,23H2,1-2H3,(H,37,42)(H,38,40)(H,39,41). The van der Waals surface area contributed by atoms with Gasteiger partial charge in [-0.2, -0.15) is 0 Å². The molecule has 0 aliphatic rings. The summed E-state index contributed by atoms with van der Waals surface area (Å²) in [7, 11) is 1.55. The molecular formula is C36H31N3O5S. The molecule has 5 rings (SSSR count). The van der Waals surface area contributed by atoms with Crippen LogP contribution in [0, 0.1) is 6.92 Å². The molecule has 45 heavy (non-hydrogen) atoms. The number of anilines is 2. The van der Waals surface area contributed by atoms with E-state index in [2.05, 4.69) is 16.0 Å². The zero-order valence-corrected chi connectivity index (χ0v) is 25.5. The molecule has 0 fully saturated rings. The minimum absolute atomic E-state index is 0.0140. The molecule has 9 heteroatoms. The van der Waals surface area contributed by atoms with Crippen LogP contribution < -0.4 is 20.7 Å². The van der Waals surface area contributed by atoms with Gasteiger partial charge >= 0.3 is 0 Å². The number of hydrogen-bond acceptors (Lipinski definition) is 6. The topological polar surface area (TPSA) is 110 Å². The molecule has 0 spiro atoms. The molecule has 8 nitrogen and oxygen atoms in total. The van der Waals surface area contributed by atoms with E-state index in [-0.39, 0.29) is 17.4 Å². The van der Waals surface area contributed by atoms with Crippen molar-refractivity contribution in [3.63, 3.8) is 0 Å². The molecule has 226 valence electrons. The number of rotatable bonds is 11. The normalized spacial score (nSPS) is 11.0. The number of hydrogen-bond donors (Lipinski definition) is 3. The van der Waals surface area contributed by atoms with Crippen molar-refractivity contribution in [1.29, 1.82) is 0 Å². The summed E-state index contributed by atoms with van der Waals surface area (Å²) in [5.41, 5.74) is 3.58. The van der Waals surface area contributed by atoms with E-state index in [9.17, 15) is 14.4 Å². The maximum Gasteiger partial charge on any atom is 0.272 e. The van der Waals surface area contributed by atoms with E-state index in [4.69, 9.17) is 9.15 Å². The van der Waals surface area contributed by atoms with E-state index in [0.29, 0.717) is 34.2 Å². The van der Waals surface area contributed by atoms with Crippen molar-refractivity contribution in [3.8, 4) is 17.1 Å².